The van der Waals surface area contributed by atoms with Crippen LogP contribution >= 0.6 is 0 Å². The molecule has 2 aromatic rings. The van der Waals surface area contributed by atoms with Gasteiger partial charge in [-0.1, -0.05) is 30.3 Å². The predicted molar refractivity (Wildman–Crippen MR) is 96.7 cm³/mol. The highest BCUT2D eigenvalue weighted by molar-refractivity contribution is 5.88. The molecule has 0 bridgehead atoms. The Kier molecular flexibility index (Phi) is 5.14. The molecule has 2 atom stereocenters. The smallest absolute Gasteiger partial charge is 0.320 e. The average molecular weight is 341 g/mol. The number of amides is 2. The Balaban J connectivity index is 1.58. The second kappa shape index (κ2) is 7.48. The molecule has 0 saturated carbocycles. The van der Waals surface area contributed by atoms with Gasteiger partial charge in [0, 0.05) is 38.7 Å². The number of carbonyl (C=O) groups excluding carboxylic acids is 1. The molecule has 2 amide bonds. The number of aryl methyl sites for hydroxylation is 1. The highest BCUT2D eigenvalue weighted by atomic mass is 16.2. The van der Waals surface area contributed by atoms with Gasteiger partial charge in [0.1, 0.15) is 5.82 Å². The normalized spacial score (nSPS) is 20.4. The molecule has 1 aromatic carbocycles. The SMILES string of the molecule is CN1C[C@@H](CNC(=O)Nc2cc(=O)n(C)cn2)[C@H](c2ccccc2)C1. The molecule has 1 aliphatic heterocycles. The van der Waals surface area contributed by atoms with Gasteiger partial charge in [0.2, 0.25) is 0 Å². The van der Waals surface area contributed by atoms with E-state index in [9.17, 15) is 9.59 Å². The molecule has 1 aliphatic rings. The molecule has 2 heterocycles. The number of nitrogens with zero attached hydrogens (tertiary/aromatic N) is 3. The van der Waals surface area contributed by atoms with Gasteiger partial charge in [-0.25, -0.2) is 9.78 Å². The number of likely N-dealkylation sites (tertiary alicyclic amines) is 1. The quantitative estimate of drug-likeness (QED) is 0.877. The Morgan fingerprint density at radius 3 is 2.72 bits per heavy atom. The first-order chi connectivity index (χ1) is 12.0. The Hall–Kier alpha value is -2.67. The number of rotatable bonds is 4. The van der Waals surface area contributed by atoms with E-state index in [4.69, 9.17) is 0 Å². The molecule has 0 spiro atoms. The van der Waals surface area contributed by atoms with Gasteiger partial charge in [0.05, 0.1) is 6.33 Å². The van der Waals surface area contributed by atoms with Gasteiger partial charge < -0.3 is 14.8 Å². The lowest BCUT2D eigenvalue weighted by atomic mass is 9.89. The van der Waals surface area contributed by atoms with Crippen molar-refractivity contribution in [3.8, 4) is 0 Å². The number of benzene rings is 1. The number of aromatic nitrogens is 2. The molecule has 1 aromatic heterocycles. The van der Waals surface area contributed by atoms with E-state index in [-0.39, 0.29) is 17.4 Å². The molecule has 1 fully saturated rings. The Labute approximate surface area is 146 Å². The van der Waals surface area contributed by atoms with Crippen LogP contribution in [0.15, 0.2) is 47.5 Å². The van der Waals surface area contributed by atoms with E-state index >= 15 is 0 Å². The van der Waals surface area contributed by atoms with Gasteiger partial charge in [0.25, 0.3) is 5.56 Å². The van der Waals surface area contributed by atoms with Crippen molar-refractivity contribution in [2.24, 2.45) is 13.0 Å². The Morgan fingerprint density at radius 1 is 1.24 bits per heavy atom. The Bertz CT molecular complexity index is 790. The van der Waals surface area contributed by atoms with E-state index in [1.165, 1.54) is 22.5 Å². The molecule has 2 N–H and O–H groups in total. The standard InChI is InChI=1S/C18H23N5O2/c1-22-10-14(15(11-22)13-6-4-3-5-7-13)9-19-18(25)21-16-8-17(24)23(2)12-20-16/h3-8,12,14-15H,9-11H2,1-2H3,(H2,19,21,25)/t14-,15+/m1/s1. The van der Waals surface area contributed by atoms with E-state index in [1.54, 1.807) is 7.05 Å². The van der Waals surface area contributed by atoms with Gasteiger partial charge >= 0.3 is 6.03 Å². The molecule has 0 radical (unpaired) electrons. The monoisotopic (exact) mass is 341 g/mol. The lowest BCUT2D eigenvalue weighted by Crippen LogP contribution is -2.35. The minimum absolute atomic E-state index is 0.216. The van der Waals surface area contributed by atoms with Gasteiger partial charge in [-0.2, -0.15) is 0 Å². The fourth-order valence-electron chi connectivity index (χ4n) is 3.29. The van der Waals surface area contributed by atoms with E-state index in [1.807, 2.05) is 18.2 Å². The molecule has 7 nitrogen and oxygen atoms in total. The summed E-state index contributed by atoms with van der Waals surface area (Å²) < 4.78 is 1.35. The number of hydrogen-bond donors (Lipinski definition) is 2. The highest BCUT2D eigenvalue weighted by Gasteiger charge is 2.31. The number of likely N-dealkylation sites (N-methyl/N-ethyl adjacent to an activating group) is 1. The summed E-state index contributed by atoms with van der Waals surface area (Å²) in [7, 11) is 3.71. The van der Waals surface area contributed by atoms with Gasteiger partial charge in [-0.15, -0.1) is 0 Å². The van der Waals surface area contributed by atoms with Crippen LogP contribution in [0.3, 0.4) is 0 Å². The van der Waals surface area contributed by atoms with E-state index in [2.05, 4.69) is 39.7 Å². The number of carbonyl (C=O) groups is 1. The highest BCUT2D eigenvalue weighted by Crippen LogP contribution is 2.31. The summed E-state index contributed by atoms with van der Waals surface area (Å²) in [4.78, 5) is 30.0. The number of hydrogen-bond acceptors (Lipinski definition) is 4. The van der Waals surface area contributed by atoms with E-state index < -0.39 is 0 Å². The van der Waals surface area contributed by atoms with Crippen LogP contribution in [0.1, 0.15) is 11.5 Å². The molecular weight excluding hydrogens is 318 g/mol. The largest absolute Gasteiger partial charge is 0.337 e. The summed E-state index contributed by atoms with van der Waals surface area (Å²) >= 11 is 0. The second-order valence-electron chi connectivity index (χ2n) is 6.56. The molecule has 7 heteroatoms. The van der Waals surface area contributed by atoms with Crippen LogP contribution in [0.2, 0.25) is 0 Å². The molecule has 3 rings (SSSR count). The van der Waals surface area contributed by atoms with Crippen molar-refractivity contribution in [1.82, 2.24) is 19.8 Å². The maximum Gasteiger partial charge on any atom is 0.320 e. The second-order valence-corrected chi connectivity index (χ2v) is 6.56. The van der Waals surface area contributed by atoms with Crippen LogP contribution in [0.25, 0.3) is 0 Å². The van der Waals surface area contributed by atoms with Crippen molar-refractivity contribution in [2.75, 3.05) is 32.0 Å². The van der Waals surface area contributed by atoms with Gasteiger partial charge in [-0.05, 0) is 18.5 Å². The van der Waals surface area contributed by atoms with Crippen molar-refractivity contribution in [3.05, 3.63) is 58.6 Å². The maximum atomic E-state index is 12.1. The summed E-state index contributed by atoms with van der Waals surface area (Å²) in [5, 5.41) is 5.51. The van der Waals surface area contributed by atoms with E-state index in [0.717, 1.165) is 13.1 Å². The first-order valence-electron chi connectivity index (χ1n) is 8.34. The molecule has 0 aliphatic carbocycles. The summed E-state index contributed by atoms with van der Waals surface area (Å²) in [6, 6.07) is 11.3. The zero-order valence-corrected chi connectivity index (χ0v) is 14.5. The number of urea groups is 1. The van der Waals surface area contributed by atoms with Crippen molar-refractivity contribution in [3.63, 3.8) is 0 Å². The zero-order chi connectivity index (χ0) is 17.8. The number of nitrogens with one attached hydrogen (secondary N) is 2. The number of anilines is 1. The molecule has 132 valence electrons. The zero-order valence-electron chi connectivity index (χ0n) is 14.5. The summed E-state index contributed by atoms with van der Waals surface area (Å²) in [6.07, 6.45) is 1.38. The van der Waals surface area contributed by atoms with Crippen LogP contribution in [0, 0.1) is 5.92 Å². The summed E-state index contributed by atoms with van der Waals surface area (Å²) in [5.74, 6) is 0.993. The van der Waals surface area contributed by atoms with Crippen LogP contribution < -0.4 is 16.2 Å². The van der Waals surface area contributed by atoms with Crippen LogP contribution in [0.5, 0.6) is 0 Å². The first-order valence-corrected chi connectivity index (χ1v) is 8.34. The van der Waals surface area contributed by atoms with Gasteiger partial charge in [0.15, 0.2) is 0 Å². The van der Waals surface area contributed by atoms with Crippen LogP contribution in [0.4, 0.5) is 10.6 Å². The fraction of sp³-hybridized carbons (Fsp3) is 0.389. The van der Waals surface area contributed by atoms with Crippen LogP contribution in [-0.4, -0.2) is 47.2 Å². The third-order valence-corrected chi connectivity index (χ3v) is 4.60. The molecule has 25 heavy (non-hydrogen) atoms. The lowest BCUT2D eigenvalue weighted by molar-refractivity contribution is 0.249. The van der Waals surface area contributed by atoms with E-state index in [0.29, 0.717) is 18.4 Å². The van der Waals surface area contributed by atoms with Crippen molar-refractivity contribution in [1.29, 1.82) is 0 Å². The van der Waals surface area contributed by atoms with Crippen molar-refractivity contribution >= 4 is 11.8 Å². The fourth-order valence-corrected chi connectivity index (χ4v) is 3.29. The summed E-state index contributed by atoms with van der Waals surface area (Å²) in [5.41, 5.74) is 1.08. The maximum absolute atomic E-state index is 12.1. The van der Waals surface area contributed by atoms with Crippen molar-refractivity contribution in [2.45, 2.75) is 5.92 Å². The molecule has 1 saturated heterocycles. The third-order valence-electron chi connectivity index (χ3n) is 4.60. The van der Waals surface area contributed by atoms with Crippen LogP contribution in [-0.2, 0) is 7.05 Å². The molecule has 0 unspecified atom stereocenters. The minimum Gasteiger partial charge on any atom is -0.337 e. The minimum atomic E-state index is -0.345. The third kappa shape index (κ3) is 4.24. The molecular formula is C18H23N5O2. The topological polar surface area (TPSA) is 79.3 Å². The lowest BCUT2D eigenvalue weighted by Gasteiger charge is -2.19. The van der Waals surface area contributed by atoms with Gasteiger partial charge in [-0.3, -0.25) is 10.1 Å². The Morgan fingerprint density at radius 2 is 2.00 bits per heavy atom. The first kappa shape index (κ1) is 17.2. The average Bonchev–Trinajstić information content (AvgIpc) is 2.98. The summed E-state index contributed by atoms with van der Waals surface area (Å²) in [6.45, 7) is 2.48. The van der Waals surface area contributed by atoms with Crippen molar-refractivity contribution < 1.29 is 4.79 Å². The predicted octanol–water partition coefficient (Wildman–Crippen LogP) is 1.25.